The van der Waals surface area contributed by atoms with Crippen LogP contribution in [-0.4, -0.2) is 72.5 Å². The molecule has 3 aromatic carbocycles. The summed E-state index contributed by atoms with van der Waals surface area (Å²) >= 11 is 0. The van der Waals surface area contributed by atoms with E-state index in [1.54, 1.807) is 85.1 Å². The summed E-state index contributed by atoms with van der Waals surface area (Å²) in [7, 11) is 1.24. The molecule has 0 saturated carbocycles. The number of amides is 4. The SMILES string of the molecule is COC(=O)N[C@@H](C(=O)N[C@@H](C)c1ncc(-c2cnc(-c3ccc(-c4cnc([C@@H]5CCCN5C(=O)[C@H](OC(N)=O)c5ccccc5)[nH]4)cc3)nc2)[nH]1)c1ccccc1. The number of nitrogens with one attached hydrogen (secondary N) is 4. The molecule has 290 valence electrons. The number of likely N-dealkylation sites (tertiary alicyclic amines) is 1. The van der Waals surface area contributed by atoms with Crippen molar-refractivity contribution in [2.45, 2.75) is 44.0 Å². The van der Waals surface area contributed by atoms with Crippen molar-refractivity contribution in [3.05, 3.63) is 132 Å². The molecule has 0 spiro atoms. The van der Waals surface area contributed by atoms with Gasteiger partial charge in [-0.25, -0.2) is 29.5 Å². The van der Waals surface area contributed by atoms with Crippen LogP contribution in [0.15, 0.2) is 110 Å². The molecule has 4 amide bonds. The van der Waals surface area contributed by atoms with Crippen molar-refractivity contribution in [2.75, 3.05) is 13.7 Å². The first-order chi connectivity index (χ1) is 27.7. The van der Waals surface area contributed by atoms with Gasteiger partial charge in [0, 0.05) is 35.6 Å². The van der Waals surface area contributed by atoms with Crippen LogP contribution in [0.25, 0.3) is 33.9 Å². The third kappa shape index (κ3) is 8.64. The summed E-state index contributed by atoms with van der Waals surface area (Å²) in [6, 6.07) is 23.6. The fraction of sp³-hybridized carbons (Fsp3) is 0.220. The van der Waals surface area contributed by atoms with Crippen LogP contribution in [0.1, 0.15) is 66.8 Å². The van der Waals surface area contributed by atoms with Gasteiger partial charge in [-0.2, -0.15) is 0 Å². The molecule has 0 bridgehead atoms. The molecule has 0 unspecified atom stereocenters. The van der Waals surface area contributed by atoms with Crippen molar-refractivity contribution in [3.8, 4) is 33.9 Å². The van der Waals surface area contributed by atoms with E-state index < -0.39 is 36.3 Å². The second-order valence-corrected chi connectivity index (χ2v) is 13.4. The van der Waals surface area contributed by atoms with Crippen LogP contribution in [0.5, 0.6) is 0 Å². The molecule has 0 aliphatic carbocycles. The van der Waals surface area contributed by atoms with E-state index in [4.69, 9.17) is 15.2 Å². The second-order valence-electron chi connectivity index (χ2n) is 13.4. The molecular formula is C41H40N10O6. The fourth-order valence-corrected chi connectivity index (χ4v) is 6.73. The number of nitrogens with two attached hydrogens (primary N) is 1. The minimum absolute atomic E-state index is 0.324. The monoisotopic (exact) mass is 768 g/mol. The lowest BCUT2D eigenvalue weighted by molar-refractivity contribution is -0.141. The molecule has 1 fully saturated rings. The molecule has 0 radical (unpaired) electrons. The number of rotatable bonds is 12. The van der Waals surface area contributed by atoms with Crippen molar-refractivity contribution in [2.24, 2.45) is 5.73 Å². The lowest BCUT2D eigenvalue weighted by Crippen LogP contribution is -2.41. The van der Waals surface area contributed by atoms with Crippen molar-refractivity contribution in [3.63, 3.8) is 0 Å². The van der Waals surface area contributed by atoms with E-state index in [1.807, 2.05) is 36.4 Å². The summed E-state index contributed by atoms with van der Waals surface area (Å²) in [6.07, 6.45) is 5.32. The number of nitrogens with zero attached hydrogens (tertiary/aromatic N) is 5. The first kappa shape index (κ1) is 37.9. The summed E-state index contributed by atoms with van der Waals surface area (Å²) < 4.78 is 9.99. The van der Waals surface area contributed by atoms with Crippen LogP contribution >= 0.6 is 0 Å². The largest absolute Gasteiger partial charge is 0.453 e. The van der Waals surface area contributed by atoms with Gasteiger partial charge in [-0.3, -0.25) is 9.59 Å². The van der Waals surface area contributed by atoms with E-state index in [0.29, 0.717) is 52.8 Å². The van der Waals surface area contributed by atoms with Crippen LogP contribution in [0.3, 0.4) is 0 Å². The van der Waals surface area contributed by atoms with Crippen molar-refractivity contribution in [1.29, 1.82) is 0 Å². The molecule has 1 aliphatic heterocycles. The maximum Gasteiger partial charge on any atom is 0.407 e. The van der Waals surface area contributed by atoms with Crippen LogP contribution < -0.4 is 16.4 Å². The van der Waals surface area contributed by atoms with Gasteiger partial charge in [-0.15, -0.1) is 0 Å². The number of ether oxygens (including phenoxy) is 2. The minimum Gasteiger partial charge on any atom is -0.453 e. The molecule has 4 heterocycles. The molecule has 6 N–H and O–H groups in total. The number of primary amides is 1. The summed E-state index contributed by atoms with van der Waals surface area (Å²) in [6.45, 7) is 2.27. The predicted octanol–water partition coefficient (Wildman–Crippen LogP) is 5.70. The Bertz CT molecular complexity index is 2330. The lowest BCUT2D eigenvalue weighted by atomic mass is 10.1. The molecule has 16 heteroatoms. The van der Waals surface area contributed by atoms with Gasteiger partial charge in [-0.1, -0.05) is 84.9 Å². The Morgan fingerprint density at radius 3 is 2.07 bits per heavy atom. The van der Waals surface area contributed by atoms with Gasteiger partial charge >= 0.3 is 12.2 Å². The Labute approximate surface area is 327 Å². The first-order valence-corrected chi connectivity index (χ1v) is 18.2. The average molecular weight is 769 g/mol. The molecule has 6 aromatic rings. The minimum atomic E-state index is -1.15. The molecule has 1 saturated heterocycles. The van der Waals surface area contributed by atoms with Gasteiger partial charge in [-0.05, 0) is 30.9 Å². The van der Waals surface area contributed by atoms with Crippen LogP contribution in [-0.2, 0) is 19.1 Å². The predicted molar refractivity (Wildman–Crippen MR) is 207 cm³/mol. The Hall–Kier alpha value is -7.36. The standard InChI is InChI=1S/C41H40N10O6/c1-24(47-38(52)33(50-41(55)56-2)26-10-5-3-6-11-26)35-45-23-31(48-35)29-20-43-36(44-21-29)28-17-15-25(16-18-28)30-22-46-37(49-30)32-14-9-19-51(32)39(53)34(57-40(42)54)27-12-7-4-8-13-27/h3-8,10-13,15-18,20-24,32-34H,9,14,19H2,1-2H3,(H2,42,54)(H,45,48)(H,46,49)(H,47,52)(H,50,55)/t24-,32-,33+,34+/m0/s1. The Balaban J connectivity index is 0.990. The molecule has 3 aromatic heterocycles. The normalized spacial score (nSPS) is 15.3. The van der Waals surface area contributed by atoms with Crippen LogP contribution in [0.4, 0.5) is 9.59 Å². The number of aromatic amines is 2. The summed E-state index contributed by atoms with van der Waals surface area (Å²) in [5.41, 5.74) is 10.3. The number of H-pyrrole nitrogens is 2. The van der Waals surface area contributed by atoms with Gasteiger partial charge in [0.15, 0.2) is 5.82 Å². The number of hydrogen-bond acceptors (Lipinski definition) is 10. The van der Waals surface area contributed by atoms with Gasteiger partial charge < -0.3 is 40.7 Å². The second kappa shape index (κ2) is 17.0. The van der Waals surface area contributed by atoms with E-state index in [2.05, 4.69) is 40.5 Å². The number of imidazole rings is 2. The summed E-state index contributed by atoms with van der Waals surface area (Å²) in [5, 5.41) is 5.48. The van der Waals surface area contributed by atoms with E-state index in [0.717, 1.165) is 23.2 Å². The quantitative estimate of drug-likeness (QED) is 0.102. The van der Waals surface area contributed by atoms with Crippen LogP contribution in [0.2, 0.25) is 0 Å². The average Bonchev–Trinajstić information content (AvgIpc) is 4.04. The third-order valence-electron chi connectivity index (χ3n) is 9.63. The molecule has 7 rings (SSSR count). The van der Waals surface area contributed by atoms with E-state index >= 15 is 0 Å². The Morgan fingerprint density at radius 2 is 1.40 bits per heavy atom. The summed E-state index contributed by atoms with van der Waals surface area (Å²) in [5.74, 6) is 0.876. The Kier molecular flexibility index (Phi) is 11.3. The fourth-order valence-electron chi connectivity index (χ4n) is 6.73. The highest BCUT2D eigenvalue weighted by molar-refractivity contribution is 5.87. The zero-order chi connectivity index (χ0) is 39.9. The van der Waals surface area contributed by atoms with Crippen molar-refractivity contribution >= 4 is 24.0 Å². The zero-order valence-corrected chi connectivity index (χ0v) is 31.1. The lowest BCUT2D eigenvalue weighted by Gasteiger charge is -2.27. The summed E-state index contributed by atoms with van der Waals surface area (Å²) in [4.78, 5) is 77.1. The maximum absolute atomic E-state index is 13.7. The third-order valence-corrected chi connectivity index (χ3v) is 9.63. The molecular weight excluding hydrogens is 729 g/mol. The van der Waals surface area contributed by atoms with Crippen molar-refractivity contribution in [1.82, 2.24) is 45.4 Å². The highest BCUT2D eigenvalue weighted by Gasteiger charge is 2.38. The van der Waals surface area contributed by atoms with Crippen LogP contribution in [0, 0.1) is 0 Å². The van der Waals surface area contributed by atoms with Gasteiger partial charge in [0.05, 0.1) is 43.0 Å². The topological polar surface area (TPSA) is 223 Å². The van der Waals surface area contributed by atoms with Crippen molar-refractivity contribution < 1.29 is 28.7 Å². The molecule has 1 aliphatic rings. The van der Waals surface area contributed by atoms with E-state index in [1.165, 1.54) is 7.11 Å². The van der Waals surface area contributed by atoms with Gasteiger partial charge in [0.1, 0.15) is 17.7 Å². The number of methoxy groups -OCH3 is 1. The number of benzene rings is 3. The Morgan fingerprint density at radius 1 is 0.772 bits per heavy atom. The number of hydrogen-bond donors (Lipinski definition) is 5. The zero-order valence-electron chi connectivity index (χ0n) is 31.1. The number of carbonyl (C=O) groups excluding carboxylic acids is 4. The van der Waals surface area contributed by atoms with Gasteiger partial charge in [0.25, 0.3) is 5.91 Å². The highest BCUT2D eigenvalue weighted by Crippen LogP contribution is 2.35. The van der Waals surface area contributed by atoms with Gasteiger partial charge in [0.2, 0.25) is 12.0 Å². The maximum atomic E-state index is 13.7. The van der Waals surface area contributed by atoms with E-state index in [-0.39, 0.29) is 11.9 Å². The molecule has 4 atom stereocenters. The van der Waals surface area contributed by atoms with E-state index in [9.17, 15) is 19.2 Å². The number of aromatic nitrogens is 6. The smallest absolute Gasteiger partial charge is 0.407 e. The number of alkyl carbamates (subject to hydrolysis) is 1. The molecule has 16 nitrogen and oxygen atoms in total. The first-order valence-electron chi connectivity index (χ1n) is 18.2. The number of carbonyl (C=O) groups is 4. The molecule has 57 heavy (non-hydrogen) atoms. The highest BCUT2D eigenvalue weighted by atomic mass is 16.6.